The third kappa shape index (κ3) is 3.25. The molecule has 0 aliphatic rings. The van der Waals surface area contributed by atoms with Gasteiger partial charge in [0.2, 0.25) is 0 Å². The summed E-state index contributed by atoms with van der Waals surface area (Å²) in [6.45, 7) is 0. The number of methoxy groups -OCH3 is 2. The van der Waals surface area contributed by atoms with Gasteiger partial charge < -0.3 is 14.6 Å². The first-order chi connectivity index (χ1) is 7.17. The SMILES string of the molecule is COC(=O)C[C@H](O)c1ccc(OC)cc1. The van der Waals surface area contributed by atoms with Gasteiger partial charge in [0.1, 0.15) is 5.75 Å². The quantitative estimate of drug-likeness (QED) is 0.761. The van der Waals surface area contributed by atoms with Crippen LogP contribution in [0.2, 0.25) is 0 Å². The fourth-order valence-electron chi connectivity index (χ4n) is 1.19. The van der Waals surface area contributed by atoms with Crippen molar-refractivity contribution in [3.63, 3.8) is 0 Å². The Bertz CT molecular complexity index is 318. The van der Waals surface area contributed by atoms with E-state index in [1.165, 1.54) is 7.11 Å². The Kier molecular flexibility index (Phi) is 4.12. The van der Waals surface area contributed by atoms with Gasteiger partial charge >= 0.3 is 5.97 Å². The molecule has 15 heavy (non-hydrogen) atoms. The van der Waals surface area contributed by atoms with Crippen LogP contribution in [0.5, 0.6) is 5.75 Å². The molecule has 0 saturated heterocycles. The zero-order valence-electron chi connectivity index (χ0n) is 8.77. The third-order valence-electron chi connectivity index (χ3n) is 2.09. The topological polar surface area (TPSA) is 55.8 Å². The number of carbonyl (C=O) groups excluding carboxylic acids is 1. The van der Waals surface area contributed by atoms with E-state index in [2.05, 4.69) is 4.74 Å². The largest absolute Gasteiger partial charge is 0.497 e. The summed E-state index contributed by atoms with van der Waals surface area (Å²) >= 11 is 0. The molecule has 0 radical (unpaired) electrons. The van der Waals surface area contributed by atoms with E-state index >= 15 is 0 Å². The molecule has 1 aromatic rings. The van der Waals surface area contributed by atoms with Crippen LogP contribution in [0.4, 0.5) is 0 Å². The lowest BCUT2D eigenvalue weighted by molar-refractivity contribution is -0.142. The normalized spacial score (nSPS) is 11.9. The third-order valence-corrected chi connectivity index (χ3v) is 2.09. The summed E-state index contributed by atoms with van der Waals surface area (Å²) in [4.78, 5) is 10.9. The van der Waals surface area contributed by atoms with Crippen LogP contribution in [0, 0.1) is 0 Å². The predicted octanol–water partition coefficient (Wildman–Crippen LogP) is 1.29. The van der Waals surface area contributed by atoms with Crippen LogP contribution >= 0.6 is 0 Å². The summed E-state index contributed by atoms with van der Waals surface area (Å²) in [6.07, 6.45) is -0.869. The van der Waals surface area contributed by atoms with E-state index in [4.69, 9.17) is 4.74 Å². The molecule has 0 aliphatic heterocycles. The molecule has 0 fully saturated rings. The van der Waals surface area contributed by atoms with Gasteiger partial charge in [-0.1, -0.05) is 12.1 Å². The molecule has 1 rings (SSSR count). The number of hydrogen-bond acceptors (Lipinski definition) is 4. The van der Waals surface area contributed by atoms with Crippen molar-refractivity contribution >= 4 is 5.97 Å². The maximum absolute atomic E-state index is 10.9. The Labute approximate surface area is 88.4 Å². The Morgan fingerprint density at radius 3 is 2.40 bits per heavy atom. The highest BCUT2D eigenvalue weighted by atomic mass is 16.5. The molecule has 1 N–H and O–H groups in total. The first-order valence-electron chi connectivity index (χ1n) is 4.56. The van der Waals surface area contributed by atoms with Crippen molar-refractivity contribution in [2.45, 2.75) is 12.5 Å². The summed E-state index contributed by atoms with van der Waals surface area (Å²) in [5, 5.41) is 9.64. The Morgan fingerprint density at radius 1 is 1.33 bits per heavy atom. The number of ether oxygens (including phenoxy) is 2. The monoisotopic (exact) mass is 210 g/mol. The highest BCUT2D eigenvalue weighted by Crippen LogP contribution is 2.20. The fourth-order valence-corrected chi connectivity index (χ4v) is 1.19. The molecule has 0 bridgehead atoms. The Balaban J connectivity index is 2.65. The van der Waals surface area contributed by atoms with Crippen molar-refractivity contribution < 1.29 is 19.4 Å². The molecule has 0 amide bonds. The average molecular weight is 210 g/mol. The molecule has 4 nitrogen and oxygen atoms in total. The van der Waals surface area contributed by atoms with Gasteiger partial charge in [-0.25, -0.2) is 0 Å². The smallest absolute Gasteiger partial charge is 0.308 e. The van der Waals surface area contributed by atoms with Gasteiger partial charge in [-0.3, -0.25) is 4.79 Å². The van der Waals surface area contributed by atoms with Gasteiger partial charge in [0, 0.05) is 0 Å². The summed E-state index contributed by atoms with van der Waals surface area (Å²) in [5.41, 5.74) is 0.668. The van der Waals surface area contributed by atoms with Gasteiger partial charge in [0.05, 0.1) is 26.7 Å². The average Bonchev–Trinajstić information content (AvgIpc) is 2.29. The van der Waals surface area contributed by atoms with Crippen molar-refractivity contribution in [3.8, 4) is 5.75 Å². The molecule has 0 saturated carbocycles. The minimum absolute atomic E-state index is 0.0389. The maximum atomic E-state index is 10.9. The minimum Gasteiger partial charge on any atom is -0.497 e. The van der Waals surface area contributed by atoms with Crippen LogP contribution in [0.3, 0.4) is 0 Å². The molecular weight excluding hydrogens is 196 g/mol. The lowest BCUT2D eigenvalue weighted by Gasteiger charge is -2.09. The van der Waals surface area contributed by atoms with E-state index in [-0.39, 0.29) is 6.42 Å². The molecule has 0 unspecified atom stereocenters. The molecule has 0 aromatic heterocycles. The lowest BCUT2D eigenvalue weighted by atomic mass is 10.1. The number of aliphatic hydroxyl groups is 1. The van der Waals surface area contributed by atoms with Gasteiger partial charge in [-0.05, 0) is 17.7 Å². The molecule has 82 valence electrons. The van der Waals surface area contributed by atoms with Crippen molar-refractivity contribution in [2.75, 3.05) is 14.2 Å². The van der Waals surface area contributed by atoms with Crippen LogP contribution in [0.25, 0.3) is 0 Å². The number of hydrogen-bond donors (Lipinski definition) is 1. The number of benzene rings is 1. The van der Waals surface area contributed by atoms with E-state index in [9.17, 15) is 9.90 Å². The predicted molar refractivity (Wildman–Crippen MR) is 54.6 cm³/mol. The highest BCUT2D eigenvalue weighted by Gasteiger charge is 2.12. The second-order valence-corrected chi connectivity index (χ2v) is 3.07. The fraction of sp³-hybridized carbons (Fsp3) is 0.364. The molecule has 0 heterocycles. The number of carbonyl (C=O) groups is 1. The maximum Gasteiger partial charge on any atom is 0.308 e. The molecule has 4 heteroatoms. The van der Waals surface area contributed by atoms with Gasteiger partial charge in [0.15, 0.2) is 0 Å². The lowest BCUT2D eigenvalue weighted by Crippen LogP contribution is -2.07. The Morgan fingerprint density at radius 2 is 1.93 bits per heavy atom. The summed E-state index contributed by atoms with van der Waals surface area (Å²) < 4.78 is 9.44. The molecule has 0 spiro atoms. The Hall–Kier alpha value is -1.55. The first-order valence-corrected chi connectivity index (χ1v) is 4.56. The van der Waals surface area contributed by atoms with Gasteiger partial charge in [-0.15, -0.1) is 0 Å². The van der Waals surface area contributed by atoms with Crippen LogP contribution in [-0.4, -0.2) is 25.3 Å². The van der Waals surface area contributed by atoms with Crippen LogP contribution in [0.1, 0.15) is 18.1 Å². The second kappa shape index (κ2) is 5.36. The van der Waals surface area contributed by atoms with Crippen molar-refractivity contribution in [2.24, 2.45) is 0 Å². The summed E-state index contributed by atoms with van der Waals surface area (Å²) in [5.74, 6) is 0.280. The van der Waals surface area contributed by atoms with Crippen LogP contribution < -0.4 is 4.74 Å². The van der Waals surface area contributed by atoms with Crippen LogP contribution in [-0.2, 0) is 9.53 Å². The van der Waals surface area contributed by atoms with E-state index in [0.717, 1.165) is 0 Å². The van der Waals surface area contributed by atoms with Crippen molar-refractivity contribution in [1.29, 1.82) is 0 Å². The minimum atomic E-state index is -0.830. The standard InChI is InChI=1S/C11H14O4/c1-14-9-5-3-8(4-6-9)10(12)7-11(13)15-2/h3-6,10,12H,7H2,1-2H3/t10-/m0/s1. The molecule has 0 aliphatic carbocycles. The van der Waals surface area contributed by atoms with Crippen molar-refractivity contribution in [3.05, 3.63) is 29.8 Å². The molecule has 1 aromatic carbocycles. The van der Waals surface area contributed by atoms with Crippen molar-refractivity contribution in [1.82, 2.24) is 0 Å². The zero-order valence-corrected chi connectivity index (χ0v) is 8.77. The van der Waals surface area contributed by atoms with E-state index in [1.54, 1.807) is 31.4 Å². The summed E-state index contributed by atoms with van der Waals surface area (Å²) in [6, 6.07) is 6.89. The summed E-state index contributed by atoms with van der Waals surface area (Å²) in [7, 11) is 2.86. The van der Waals surface area contributed by atoms with E-state index in [1.807, 2.05) is 0 Å². The van der Waals surface area contributed by atoms with Crippen LogP contribution in [0.15, 0.2) is 24.3 Å². The number of rotatable bonds is 4. The first kappa shape index (κ1) is 11.5. The number of esters is 1. The van der Waals surface area contributed by atoms with Gasteiger partial charge in [-0.2, -0.15) is 0 Å². The molecular formula is C11H14O4. The second-order valence-electron chi connectivity index (χ2n) is 3.07. The van der Waals surface area contributed by atoms with E-state index in [0.29, 0.717) is 11.3 Å². The zero-order chi connectivity index (χ0) is 11.3. The van der Waals surface area contributed by atoms with Gasteiger partial charge in [0.25, 0.3) is 0 Å². The van der Waals surface area contributed by atoms with E-state index < -0.39 is 12.1 Å². The number of aliphatic hydroxyl groups excluding tert-OH is 1. The molecule has 1 atom stereocenters. The highest BCUT2D eigenvalue weighted by molar-refractivity contribution is 5.70.